The van der Waals surface area contributed by atoms with Gasteiger partial charge in [0.05, 0.1) is 11.9 Å². The molecular formula is C14H24N2. The number of nitrogens with one attached hydrogen (secondary N) is 1. The van der Waals surface area contributed by atoms with Crippen LogP contribution >= 0.6 is 0 Å². The first-order valence-corrected chi connectivity index (χ1v) is 6.34. The number of hydrogen-bond acceptors (Lipinski definition) is 2. The molecule has 90 valence electrons. The van der Waals surface area contributed by atoms with E-state index in [0.717, 1.165) is 23.7 Å². The van der Waals surface area contributed by atoms with Crippen molar-refractivity contribution in [2.24, 2.45) is 5.92 Å². The summed E-state index contributed by atoms with van der Waals surface area (Å²) in [5, 5.41) is 3.56. The molecule has 0 fully saturated rings. The van der Waals surface area contributed by atoms with Crippen molar-refractivity contribution in [1.29, 1.82) is 0 Å². The molecule has 0 saturated heterocycles. The summed E-state index contributed by atoms with van der Waals surface area (Å²) in [4.78, 5) is 4.30. The number of aryl methyl sites for hydroxylation is 1. The Morgan fingerprint density at radius 2 is 2.00 bits per heavy atom. The van der Waals surface area contributed by atoms with E-state index < -0.39 is 0 Å². The lowest BCUT2D eigenvalue weighted by atomic mass is 9.97. The third-order valence-electron chi connectivity index (χ3n) is 3.16. The molecule has 0 amide bonds. The lowest BCUT2D eigenvalue weighted by molar-refractivity contribution is 0.461. The zero-order chi connectivity index (χ0) is 12.0. The maximum atomic E-state index is 4.30. The van der Waals surface area contributed by atoms with Crippen LogP contribution in [0.2, 0.25) is 0 Å². The normalized spacial score (nSPS) is 14.5. The van der Waals surface area contributed by atoms with Gasteiger partial charge in [-0.3, -0.25) is 4.98 Å². The van der Waals surface area contributed by atoms with Crippen LogP contribution in [0, 0.1) is 12.8 Å². The van der Waals surface area contributed by atoms with Crippen molar-refractivity contribution in [3.63, 3.8) is 0 Å². The first kappa shape index (κ1) is 13.0. The van der Waals surface area contributed by atoms with Crippen LogP contribution < -0.4 is 5.32 Å². The van der Waals surface area contributed by atoms with E-state index in [1.165, 1.54) is 12.8 Å². The summed E-state index contributed by atoms with van der Waals surface area (Å²) >= 11 is 0. The number of aromatic nitrogens is 1. The highest BCUT2D eigenvalue weighted by Gasteiger charge is 2.10. The van der Waals surface area contributed by atoms with E-state index in [-0.39, 0.29) is 0 Å². The van der Waals surface area contributed by atoms with Crippen molar-refractivity contribution in [3.05, 3.63) is 24.0 Å². The molecule has 0 saturated carbocycles. The molecule has 1 N–H and O–H groups in total. The first-order valence-electron chi connectivity index (χ1n) is 6.34. The molecule has 2 atom stereocenters. The highest BCUT2D eigenvalue weighted by atomic mass is 14.9. The molecule has 0 bridgehead atoms. The summed E-state index contributed by atoms with van der Waals surface area (Å²) in [5.41, 5.74) is 2.21. The molecule has 0 radical (unpaired) electrons. The Morgan fingerprint density at radius 3 is 2.50 bits per heavy atom. The fourth-order valence-electron chi connectivity index (χ4n) is 1.77. The summed E-state index contributed by atoms with van der Waals surface area (Å²) in [6.45, 7) is 8.82. The van der Waals surface area contributed by atoms with Crippen LogP contribution in [0.1, 0.15) is 45.7 Å². The van der Waals surface area contributed by atoms with Gasteiger partial charge in [0, 0.05) is 11.7 Å². The zero-order valence-electron chi connectivity index (χ0n) is 11.0. The molecule has 0 aromatic carbocycles. The Balaban J connectivity index is 2.52. The lowest BCUT2D eigenvalue weighted by Crippen LogP contribution is -2.21. The summed E-state index contributed by atoms with van der Waals surface area (Å²) < 4.78 is 0. The van der Waals surface area contributed by atoms with Crippen molar-refractivity contribution in [3.8, 4) is 0 Å². The highest BCUT2D eigenvalue weighted by molar-refractivity contribution is 5.41. The molecule has 0 spiro atoms. The smallest absolute Gasteiger partial charge is 0.0529 e. The van der Waals surface area contributed by atoms with Crippen LogP contribution in [-0.2, 0) is 0 Å². The summed E-state index contributed by atoms with van der Waals surface area (Å²) in [6.07, 6.45) is 5.58. The maximum Gasteiger partial charge on any atom is 0.0529 e. The van der Waals surface area contributed by atoms with Crippen molar-refractivity contribution in [1.82, 2.24) is 4.98 Å². The first-order chi connectivity index (χ1) is 7.65. The Kier molecular flexibility index (Phi) is 5.30. The van der Waals surface area contributed by atoms with Crippen molar-refractivity contribution in [2.45, 2.75) is 53.0 Å². The third kappa shape index (κ3) is 4.21. The highest BCUT2D eigenvalue weighted by Crippen LogP contribution is 2.16. The van der Waals surface area contributed by atoms with Crippen LogP contribution in [0.25, 0.3) is 0 Å². The number of anilines is 1. The van der Waals surface area contributed by atoms with Crippen molar-refractivity contribution in [2.75, 3.05) is 5.32 Å². The number of rotatable bonds is 6. The van der Waals surface area contributed by atoms with Gasteiger partial charge in [-0.2, -0.15) is 0 Å². The van der Waals surface area contributed by atoms with E-state index in [1.807, 2.05) is 13.1 Å². The minimum Gasteiger partial charge on any atom is -0.381 e. The van der Waals surface area contributed by atoms with Crippen LogP contribution in [0.3, 0.4) is 0 Å². The second-order valence-corrected chi connectivity index (χ2v) is 4.69. The van der Waals surface area contributed by atoms with Crippen molar-refractivity contribution >= 4 is 5.69 Å². The van der Waals surface area contributed by atoms with Crippen LogP contribution in [0.15, 0.2) is 18.3 Å². The summed E-state index contributed by atoms with van der Waals surface area (Å²) in [7, 11) is 0. The standard InChI is InChI=1S/C14H24N2/c1-5-11(3)9-13(6-2)16-14-8-7-12(4)15-10-14/h7-8,10-11,13,16H,5-6,9H2,1-4H3. The van der Waals surface area contributed by atoms with E-state index in [0.29, 0.717) is 6.04 Å². The largest absolute Gasteiger partial charge is 0.381 e. The van der Waals surface area contributed by atoms with E-state index >= 15 is 0 Å². The maximum absolute atomic E-state index is 4.30. The predicted molar refractivity (Wildman–Crippen MR) is 70.7 cm³/mol. The van der Waals surface area contributed by atoms with Gasteiger partial charge in [-0.15, -0.1) is 0 Å². The van der Waals surface area contributed by atoms with Gasteiger partial charge in [0.25, 0.3) is 0 Å². The van der Waals surface area contributed by atoms with Gasteiger partial charge in [-0.05, 0) is 37.8 Å². The molecule has 2 heteroatoms. The molecule has 2 nitrogen and oxygen atoms in total. The Labute approximate surface area is 99.5 Å². The molecule has 2 unspecified atom stereocenters. The molecular weight excluding hydrogens is 196 g/mol. The van der Waals surface area contributed by atoms with Gasteiger partial charge < -0.3 is 5.32 Å². The summed E-state index contributed by atoms with van der Waals surface area (Å²) in [5.74, 6) is 0.788. The van der Waals surface area contributed by atoms with Gasteiger partial charge in [0.15, 0.2) is 0 Å². The Hall–Kier alpha value is -1.05. The van der Waals surface area contributed by atoms with E-state index in [1.54, 1.807) is 0 Å². The molecule has 1 rings (SSSR count). The fraction of sp³-hybridized carbons (Fsp3) is 0.643. The zero-order valence-corrected chi connectivity index (χ0v) is 11.0. The molecule has 1 aromatic rings. The molecule has 0 aliphatic carbocycles. The van der Waals surface area contributed by atoms with E-state index in [2.05, 4.69) is 43.2 Å². The fourth-order valence-corrected chi connectivity index (χ4v) is 1.77. The Bertz CT molecular complexity index is 292. The average Bonchev–Trinajstić information content (AvgIpc) is 2.30. The SMILES string of the molecule is CCC(C)CC(CC)Nc1ccc(C)nc1. The van der Waals surface area contributed by atoms with Crippen molar-refractivity contribution < 1.29 is 0 Å². The number of nitrogens with zero attached hydrogens (tertiary/aromatic N) is 1. The second-order valence-electron chi connectivity index (χ2n) is 4.69. The van der Waals surface area contributed by atoms with E-state index in [4.69, 9.17) is 0 Å². The van der Waals surface area contributed by atoms with Crippen LogP contribution in [-0.4, -0.2) is 11.0 Å². The number of pyridine rings is 1. The van der Waals surface area contributed by atoms with Gasteiger partial charge in [-0.1, -0.05) is 27.2 Å². The summed E-state index contributed by atoms with van der Waals surface area (Å²) in [6, 6.07) is 4.74. The monoisotopic (exact) mass is 220 g/mol. The van der Waals surface area contributed by atoms with E-state index in [9.17, 15) is 0 Å². The molecule has 1 heterocycles. The van der Waals surface area contributed by atoms with Gasteiger partial charge in [0.1, 0.15) is 0 Å². The Morgan fingerprint density at radius 1 is 1.25 bits per heavy atom. The van der Waals surface area contributed by atoms with Gasteiger partial charge in [-0.25, -0.2) is 0 Å². The van der Waals surface area contributed by atoms with Crippen LogP contribution in [0.5, 0.6) is 0 Å². The van der Waals surface area contributed by atoms with Gasteiger partial charge >= 0.3 is 0 Å². The third-order valence-corrected chi connectivity index (χ3v) is 3.16. The minimum absolute atomic E-state index is 0.569. The molecule has 16 heavy (non-hydrogen) atoms. The predicted octanol–water partition coefficient (Wildman–Crippen LogP) is 4.02. The average molecular weight is 220 g/mol. The van der Waals surface area contributed by atoms with Gasteiger partial charge in [0.2, 0.25) is 0 Å². The minimum atomic E-state index is 0.569. The molecule has 1 aromatic heterocycles. The number of hydrogen-bond donors (Lipinski definition) is 1. The quantitative estimate of drug-likeness (QED) is 0.783. The topological polar surface area (TPSA) is 24.9 Å². The lowest BCUT2D eigenvalue weighted by Gasteiger charge is -2.21. The molecule has 0 aliphatic heterocycles. The second kappa shape index (κ2) is 6.51. The van der Waals surface area contributed by atoms with Crippen LogP contribution in [0.4, 0.5) is 5.69 Å². The molecule has 0 aliphatic rings.